The van der Waals surface area contributed by atoms with Crippen LogP contribution in [0, 0.1) is 0 Å². The molecule has 0 radical (unpaired) electrons. The van der Waals surface area contributed by atoms with Crippen LogP contribution < -0.4 is 10.1 Å². The zero-order valence-electron chi connectivity index (χ0n) is 15.8. The van der Waals surface area contributed by atoms with Crippen molar-refractivity contribution in [1.29, 1.82) is 0 Å². The first-order valence-corrected chi connectivity index (χ1v) is 8.97. The Morgan fingerprint density at radius 3 is 2.50 bits per heavy atom. The summed E-state index contributed by atoms with van der Waals surface area (Å²) in [5.74, 6) is -1.01. The van der Waals surface area contributed by atoms with Gasteiger partial charge in [0, 0.05) is 23.9 Å². The molecule has 2 rings (SSSR count). The van der Waals surface area contributed by atoms with Gasteiger partial charge < -0.3 is 15.2 Å². The van der Waals surface area contributed by atoms with Crippen molar-refractivity contribution in [3.63, 3.8) is 0 Å². The maximum atomic E-state index is 12.8. The number of ether oxygens (including phenoxy) is 1. The van der Waals surface area contributed by atoms with Crippen LogP contribution >= 0.6 is 11.6 Å². The second-order valence-corrected chi connectivity index (χ2v) is 6.80. The summed E-state index contributed by atoms with van der Waals surface area (Å²) >= 11 is 6.25. The molecular formula is C18H21ClF3N3O3. The van der Waals surface area contributed by atoms with Crippen molar-refractivity contribution < 1.29 is 27.8 Å². The van der Waals surface area contributed by atoms with Crippen LogP contribution in [0.2, 0.25) is 5.02 Å². The molecule has 0 saturated carbocycles. The number of nitrogens with zero attached hydrogens (tertiary/aromatic N) is 2. The van der Waals surface area contributed by atoms with Gasteiger partial charge in [-0.3, -0.25) is 4.68 Å². The number of carboxylic acids is 1. The molecule has 2 aromatic rings. The Balaban J connectivity index is 2.57. The van der Waals surface area contributed by atoms with Crippen molar-refractivity contribution in [3.05, 3.63) is 28.9 Å². The zero-order chi connectivity index (χ0) is 21.2. The van der Waals surface area contributed by atoms with E-state index in [1.54, 1.807) is 20.8 Å². The average molecular weight is 420 g/mol. The van der Waals surface area contributed by atoms with Crippen LogP contribution in [-0.2, 0) is 6.54 Å². The molecule has 0 aliphatic carbocycles. The number of nitrogens with one attached hydrogen (secondary N) is 1. The molecule has 0 spiro atoms. The Hall–Kier alpha value is -2.42. The van der Waals surface area contributed by atoms with Gasteiger partial charge in [0.15, 0.2) is 5.69 Å². The van der Waals surface area contributed by atoms with E-state index in [1.165, 1.54) is 22.9 Å². The van der Waals surface area contributed by atoms with Gasteiger partial charge in [0.2, 0.25) is 0 Å². The van der Waals surface area contributed by atoms with E-state index >= 15 is 0 Å². The highest BCUT2D eigenvalue weighted by Gasteiger charge is 2.36. The second kappa shape index (κ2) is 8.30. The summed E-state index contributed by atoms with van der Waals surface area (Å²) in [5.41, 5.74) is 0.668. The van der Waals surface area contributed by atoms with Crippen molar-refractivity contribution in [2.45, 2.75) is 52.6 Å². The molecule has 0 bridgehead atoms. The Morgan fingerprint density at radius 1 is 1.36 bits per heavy atom. The van der Waals surface area contributed by atoms with Crippen LogP contribution in [0.1, 0.15) is 38.2 Å². The van der Waals surface area contributed by atoms with E-state index < -0.39 is 18.2 Å². The Kier molecular flexibility index (Phi) is 6.48. The van der Waals surface area contributed by atoms with Crippen LogP contribution in [0.15, 0.2) is 18.2 Å². The number of aryl methyl sites for hydroxylation is 1. The first-order chi connectivity index (χ1) is 13.0. The summed E-state index contributed by atoms with van der Waals surface area (Å²) in [6, 6.07) is 2.66. The quantitative estimate of drug-likeness (QED) is 0.655. The maximum absolute atomic E-state index is 12.8. The topological polar surface area (TPSA) is 76.4 Å². The lowest BCUT2D eigenvalue weighted by atomic mass is 10.1. The summed E-state index contributed by atoms with van der Waals surface area (Å²) in [6.07, 6.45) is -4.68. The van der Waals surface area contributed by atoms with Gasteiger partial charge in [-0.1, -0.05) is 11.6 Å². The number of hydrogen-bond donors (Lipinski definition) is 2. The van der Waals surface area contributed by atoms with E-state index in [4.69, 9.17) is 16.3 Å². The van der Waals surface area contributed by atoms with Crippen LogP contribution in [0.4, 0.5) is 18.9 Å². The SMILES string of the molecule is CCn1nc(C(=O)O)c(Cl)c1-c1ccc(NC(C)C(F)(F)F)cc1OC(C)C. The molecule has 0 saturated heterocycles. The van der Waals surface area contributed by atoms with Gasteiger partial charge in [-0.05, 0) is 39.8 Å². The molecule has 1 aromatic heterocycles. The summed E-state index contributed by atoms with van der Waals surface area (Å²) in [4.78, 5) is 11.4. The number of carboxylic acid groups (broad SMARTS) is 1. The number of alkyl halides is 3. The predicted molar refractivity (Wildman–Crippen MR) is 100 cm³/mol. The minimum absolute atomic E-state index is 0.0627. The number of benzene rings is 1. The molecule has 0 aliphatic rings. The normalized spacial score (nSPS) is 12.9. The fourth-order valence-corrected chi connectivity index (χ4v) is 2.87. The van der Waals surface area contributed by atoms with Crippen LogP contribution in [-0.4, -0.2) is 39.2 Å². The van der Waals surface area contributed by atoms with Crippen LogP contribution in [0.3, 0.4) is 0 Å². The standard InChI is InChI=1S/C18H21ClF3N3O3/c1-5-25-16(14(19)15(24-25)17(26)27)12-7-6-11(8-13(12)28-9(2)3)23-10(4)18(20,21)22/h6-10,23H,5H2,1-4H3,(H,26,27). The van der Waals surface area contributed by atoms with E-state index in [-0.39, 0.29) is 28.3 Å². The third-order valence-electron chi connectivity index (χ3n) is 3.87. The summed E-state index contributed by atoms with van der Waals surface area (Å²) in [6.45, 7) is 6.66. The number of aromatic carboxylic acids is 1. The van der Waals surface area contributed by atoms with Gasteiger partial charge in [-0.25, -0.2) is 4.79 Å². The van der Waals surface area contributed by atoms with E-state index in [0.29, 0.717) is 17.8 Å². The van der Waals surface area contributed by atoms with Crippen molar-refractivity contribution in [1.82, 2.24) is 9.78 Å². The average Bonchev–Trinajstić information content (AvgIpc) is 2.90. The monoisotopic (exact) mass is 419 g/mol. The molecule has 28 heavy (non-hydrogen) atoms. The van der Waals surface area contributed by atoms with Gasteiger partial charge >= 0.3 is 12.1 Å². The number of anilines is 1. The number of halogens is 4. The molecule has 1 heterocycles. The predicted octanol–water partition coefficient (Wildman–Crippen LogP) is 5.07. The van der Waals surface area contributed by atoms with E-state index in [9.17, 15) is 23.1 Å². The van der Waals surface area contributed by atoms with Gasteiger partial charge in [-0.2, -0.15) is 18.3 Å². The summed E-state index contributed by atoms with van der Waals surface area (Å²) in [7, 11) is 0. The van der Waals surface area contributed by atoms with Gasteiger partial charge in [-0.15, -0.1) is 0 Å². The number of rotatable bonds is 7. The Labute approximate surface area is 165 Å². The Bertz CT molecular complexity index is 866. The number of hydrogen-bond acceptors (Lipinski definition) is 4. The Morgan fingerprint density at radius 2 is 2.00 bits per heavy atom. The van der Waals surface area contributed by atoms with Gasteiger partial charge in [0.25, 0.3) is 0 Å². The summed E-state index contributed by atoms with van der Waals surface area (Å²) < 4.78 is 45.7. The molecule has 1 atom stereocenters. The molecular weight excluding hydrogens is 399 g/mol. The first kappa shape index (κ1) is 21.9. The summed E-state index contributed by atoms with van der Waals surface area (Å²) in [5, 5.41) is 15.6. The lowest BCUT2D eigenvalue weighted by Crippen LogP contribution is -2.33. The molecule has 154 valence electrons. The van der Waals surface area contributed by atoms with Crippen LogP contribution in [0.5, 0.6) is 5.75 Å². The highest BCUT2D eigenvalue weighted by molar-refractivity contribution is 6.35. The molecule has 6 nitrogen and oxygen atoms in total. The molecule has 1 unspecified atom stereocenters. The minimum atomic E-state index is -4.40. The lowest BCUT2D eigenvalue weighted by molar-refractivity contribution is -0.138. The smallest absolute Gasteiger partial charge is 0.408 e. The van der Waals surface area contributed by atoms with E-state index in [0.717, 1.165) is 6.92 Å². The highest BCUT2D eigenvalue weighted by Crippen LogP contribution is 2.39. The van der Waals surface area contributed by atoms with Crippen molar-refractivity contribution in [2.75, 3.05) is 5.32 Å². The molecule has 0 amide bonds. The second-order valence-electron chi connectivity index (χ2n) is 6.42. The van der Waals surface area contributed by atoms with E-state index in [2.05, 4.69) is 10.4 Å². The fraction of sp³-hybridized carbons (Fsp3) is 0.444. The number of aromatic nitrogens is 2. The first-order valence-electron chi connectivity index (χ1n) is 8.59. The van der Waals surface area contributed by atoms with Crippen molar-refractivity contribution >= 4 is 23.3 Å². The largest absolute Gasteiger partial charge is 0.490 e. The lowest BCUT2D eigenvalue weighted by Gasteiger charge is -2.21. The van der Waals surface area contributed by atoms with Crippen molar-refractivity contribution in [2.24, 2.45) is 0 Å². The minimum Gasteiger partial charge on any atom is -0.490 e. The zero-order valence-corrected chi connectivity index (χ0v) is 16.5. The maximum Gasteiger partial charge on any atom is 0.408 e. The molecule has 10 heteroatoms. The van der Waals surface area contributed by atoms with E-state index in [1.807, 2.05) is 0 Å². The third-order valence-corrected chi connectivity index (χ3v) is 4.23. The molecule has 0 fully saturated rings. The van der Waals surface area contributed by atoms with Gasteiger partial charge in [0.1, 0.15) is 16.8 Å². The van der Waals surface area contributed by atoms with Crippen LogP contribution in [0.25, 0.3) is 11.3 Å². The van der Waals surface area contributed by atoms with Crippen molar-refractivity contribution in [3.8, 4) is 17.0 Å². The third kappa shape index (κ3) is 4.70. The number of carbonyl (C=O) groups is 1. The fourth-order valence-electron chi connectivity index (χ4n) is 2.55. The molecule has 0 aliphatic heterocycles. The molecule has 2 N–H and O–H groups in total. The molecule has 1 aromatic carbocycles. The van der Waals surface area contributed by atoms with Gasteiger partial charge in [0.05, 0.1) is 11.8 Å². The highest BCUT2D eigenvalue weighted by atomic mass is 35.5.